The van der Waals surface area contributed by atoms with Gasteiger partial charge in [0.05, 0.1) is 0 Å². The third kappa shape index (κ3) is 6.39. The van der Waals surface area contributed by atoms with Crippen molar-refractivity contribution < 1.29 is 18.9 Å². The molecule has 0 aromatic heterocycles. The van der Waals surface area contributed by atoms with Gasteiger partial charge in [0.25, 0.3) is 0 Å². The Balaban J connectivity index is 3.93. The first-order valence-electron chi connectivity index (χ1n) is 5.10. The molecule has 0 saturated heterocycles. The van der Waals surface area contributed by atoms with Gasteiger partial charge >= 0.3 is 12.0 Å². The van der Waals surface area contributed by atoms with Gasteiger partial charge in [-0.05, 0) is 6.92 Å². The highest BCUT2D eigenvalue weighted by molar-refractivity contribution is 7.84. The molecule has 0 rings (SSSR count). The predicted octanol–water partition coefficient (Wildman–Crippen LogP) is -0.129. The molecule has 0 aromatic carbocycles. The molecule has 16 heavy (non-hydrogen) atoms. The van der Waals surface area contributed by atoms with Crippen LogP contribution in [0.1, 0.15) is 13.8 Å². The lowest BCUT2D eigenvalue weighted by molar-refractivity contribution is -0.137. The van der Waals surface area contributed by atoms with Gasteiger partial charge in [0, 0.05) is 35.4 Å². The van der Waals surface area contributed by atoms with Crippen molar-refractivity contribution in [2.24, 2.45) is 0 Å². The van der Waals surface area contributed by atoms with E-state index in [1.165, 1.54) is 4.90 Å². The normalized spacial score (nSPS) is 11.9. The maximum absolute atomic E-state index is 11.4. The molecule has 0 aliphatic rings. The number of amides is 2. The van der Waals surface area contributed by atoms with Crippen LogP contribution < -0.4 is 5.32 Å². The van der Waals surface area contributed by atoms with Gasteiger partial charge in [-0.2, -0.15) is 0 Å². The van der Waals surface area contributed by atoms with E-state index in [1.54, 1.807) is 13.8 Å². The quantitative estimate of drug-likeness (QED) is 0.659. The minimum absolute atomic E-state index is 0.301. The van der Waals surface area contributed by atoms with Gasteiger partial charge < -0.3 is 15.3 Å². The van der Waals surface area contributed by atoms with E-state index in [0.29, 0.717) is 24.6 Å². The molecule has 2 amide bonds. The Morgan fingerprint density at radius 2 is 2.00 bits per heavy atom. The summed E-state index contributed by atoms with van der Waals surface area (Å²) in [7, 11) is -0.919. The third-order valence-electron chi connectivity index (χ3n) is 1.92. The van der Waals surface area contributed by atoms with Gasteiger partial charge in [-0.3, -0.25) is 9.00 Å². The van der Waals surface area contributed by atoms with E-state index in [-0.39, 0.29) is 6.54 Å². The van der Waals surface area contributed by atoms with Crippen molar-refractivity contribution in [3.8, 4) is 0 Å². The maximum Gasteiger partial charge on any atom is 0.323 e. The highest BCUT2D eigenvalue weighted by atomic mass is 32.2. The first-order chi connectivity index (χ1) is 7.51. The largest absolute Gasteiger partial charge is 0.480 e. The molecule has 0 saturated carbocycles. The molecule has 1 atom stereocenters. The minimum Gasteiger partial charge on any atom is -0.480 e. The summed E-state index contributed by atoms with van der Waals surface area (Å²) in [5.41, 5.74) is 0. The monoisotopic (exact) mass is 250 g/mol. The molecule has 6 nitrogen and oxygen atoms in total. The van der Waals surface area contributed by atoms with Crippen LogP contribution >= 0.6 is 0 Å². The van der Waals surface area contributed by atoms with Crippen molar-refractivity contribution in [1.29, 1.82) is 0 Å². The second kappa shape index (κ2) is 8.09. The highest BCUT2D eigenvalue weighted by Gasteiger charge is 2.13. The highest BCUT2D eigenvalue weighted by Crippen LogP contribution is 1.89. The Morgan fingerprint density at radius 3 is 2.44 bits per heavy atom. The van der Waals surface area contributed by atoms with Crippen molar-refractivity contribution in [1.82, 2.24) is 10.2 Å². The predicted molar refractivity (Wildman–Crippen MR) is 61.8 cm³/mol. The SMILES string of the molecule is CCN(CC(=O)O)C(=O)NCCS(=O)CC. The Hall–Kier alpha value is -1.11. The van der Waals surface area contributed by atoms with Gasteiger partial charge in [0.2, 0.25) is 0 Å². The number of hydrogen-bond donors (Lipinski definition) is 2. The molecule has 0 aliphatic carbocycles. The summed E-state index contributed by atoms with van der Waals surface area (Å²) >= 11 is 0. The van der Waals surface area contributed by atoms with Crippen molar-refractivity contribution in [3.05, 3.63) is 0 Å². The summed E-state index contributed by atoms with van der Waals surface area (Å²) < 4.78 is 11.1. The number of carbonyl (C=O) groups excluding carboxylic acids is 1. The number of likely N-dealkylation sites (N-methyl/N-ethyl adjacent to an activating group) is 1. The minimum atomic E-state index is -1.05. The first-order valence-corrected chi connectivity index (χ1v) is 6.59. The summed E-state index contributed by atoms with van der Waals surface area (Å²) in [6, 6.07) is -0.432. The van der Waals surface area contributed by atoms with Crippen LogP contribution in [0, 0.1) is 0 Å². The zero-order valence-corrected chi connectivity index (χ0v) is 10.4. The number of aliphatic carboxylic acids is 1. The zero-order valence-electron chi connectivity index (χ0n) is 9.56. The molecule has 2 N–H and O–H groups in total. The second-order valence-electron chi connectivity index (χ2n) is 3.07. The van der Waals surface area contributed by atoms with Gasteiger partial charge in [0.15, 0.2) is 0 Å². The number of urea groups is 1. The number of nitrogens with zero attached hydrogens (tertiary/aromatic N) is 1. The number of carboxylic acid groups (broad SMARTS) is 1. The topological polar surface area (TPSA) is 86.7 Å². The van der Waals surface area contributed by atoms with Crippen molar-refractivity contribution in [2.45, 2.75) is 13.8 Å². The van der Waals surface area contributed by atoms with E-state index < -0.39 is 22.8 Å². The lowest BCUT2D eigenvalue weighted by Gasteiger charge is -2.18. The maximum atomic E-state index is 11.4. The third-order valence-corrected chi connectivity index (χ3v) is 3.23. The number of carboxylic acids is 1. The summed E-state index contributed by atoms with van der Waals surface area (Å²) in [6.45, 7) is 3.82. The average molecular weight is 250 g/mol. The number of nitrogens with one attached hydrogen (secondary N) is 1. The molecule has 0 bridgehead atoms. The standard InChI is InChI=1S/C9H18N2O4S/c1-3-11(7-8(12)13)9(14)10-5-6-16(15)4-2/h3-7H2,1-2H3,(H,10,14)(H,12,13). The molecule has 1 unspecified atom stereocenters. The molecular formula is C9H18N2O4S. The lowest BCUT2D eigenvalue weighted by Crippen LogP contribution is -2.43. The van der Waals surface area contributed by atoms with E-state index in [0.717, 1.165) is 0 Å². The van der Waals surface area contributed by atoms with Crippen LogP contribution in [-0.4, -0.2) is 57.4 Å². The Morgan fingerprint density at radius 1 is 1.38 bits per heavy atom. The first kappa shape index (κ1) is 14.9. The van der Waals surface area contributed by atoms with Crippen molar-refractivity contribution in [3.63, 3.8) is 0 Å². The molecule has 94 valence electrons. The van der Waals surface area contributed by atoms with Gasteiger partial charge in [0.1, 0.15) is 6.54 Å². The van der Waals surface area contributed by atoms with Gasteiger partial charge in [-0.25, -0.2) is 4.79 Å². The Kier molecular flexibility index (Phi) is 7.53. The van der Waals surface area contributed by atoms with Gasteiger partial charge in [-0.15, -0.1) is 0 Å². The fraction of sp³-hybridized carbons (Fsp3) is 0.778. The molecule has 0 aromatic rings. The van der Waals surface area contributed by atoms with E-state index in [2.05, 4.69) is 5.32 Å². The second-order valence-corrected chi connectivity index (χ2v) is 4.94. The van der Waals surface area contributed by atoms with Crippen LogP contribution in [-0.2, 0) is 15.6 Å². The van der Waals surface area contributed by atoms with E-state index in [9.17, 15) is 13.8 Å². The van der Waals surface area contributed by atoms with Crippen LogP contribution in [0.3, 0.4) is 0 Å². The Labute approximate surface area is 97.5 Å². The van der Waals surface area contributed by atoms with Gasteiger partial charge in [-0.1, -0.05) is 6.92 Å². The number of carbonyl (C=O) groups is 2. The fourth-order valence-electron chi connectivity index (χ4n) is 1.02. The average Bonchev–Trinajstić information content (AvgIpc) is 2.24. The molecule has 0 radical (unpaired) electrons. The zero-order chi connectivity index (χ0) is 12.6. The van der Waals surface area contributed by atoms with Crippen molar-refractivity contribution in [2.75, 3.05) is 31.1 Å². The molecule has 7 heteroatoms. The molecule has 0 fully saturated rings. The Bertz CT molecular complexity index is 270. The molecule has 0 spiro atoms. The summed E-state index contributed by atoms with van der Waals surface area (Å²) in [4.78, 5) is 23.0. The number of rotatable bonds is 7. The van der Waals surface area contributed by atoms with Crippen LogP contribution in [0.2, 0.25) is 0 Å². The van der Waals surface area contributed by atoms with E-state index >= 15 is 0 Å². The lowest BCUT2D eigenvalue weighted by atomic mass is 10.5. The number of hydrogen-bond acceptors (Lipinski definition) is 3. The van der Waals surface area contributed by atoms with Crippen LogP contribution in [0.15, 0.2) is 0 Å². The van der Waals surface area contributed by atoms with Crippen LogP contribution in [0.25, 0.3) is 0 Å². The van der Waals surface area contributed by atoms with Crippen molar-refractivity contribution >= 4 is 22.8 Å². The van der Waals surface area contributed by atoms with E-state index in [1.807, 2.05) is 0 Å². The van der Waals surface area contributed by atoms with Crippen LogP contribution in [0.4, 0.5) is 4.79 Å². The van der Waals surface area contributed by atoms with Crippen LogP contribution in [0.5, 0.6) is 0 Å². The fourth-order valence-corrected chi connectivity index (χ4v) is 1.64. The molecular weight excluding hydrogens is 232 g/mol. The van der Waals surface area contributed by atoms with E-state index in [4.69, 9.17) is 5.11 Å². The summed E-state index contributed by atoms with van der Waals surface area (Å²) in [5.74, 6) is -0.0934. The smallest absolute Gasteiger partial charge is 0.323 e. The molecule has 0 heterocycles. The molecule has 0 aliphatic heterocycles. The summed E-state index contributed by atoms with van der Waals surface area (Å²) in [5, 5.41) is 11.1. The summed E-state index contributed by atoms with van der Waals surface area (Å²) in [6.07, 6.45) is 0.